The van der Waals surface area contributed by atoms with Crippen molar-refractivity contribution in [3.8, 4) is 0 Å². The van der Waals surface area contributed by atoms with Crippen LogP contribution in [0.4, 0.5) is 0 Å². The summed E-state index contributed by atoms with van der Waals surface area (Å²) >= 11 is 6.16. The molecule has 120 valence electrons. The van der Waals surface area contributed by atoms with E-state index < -0.39 is 0 Å². The number of rotatable bonds is 4. The highest BCUT2D eigenvalue weighted by Gasteiger charge is 2.12. The van der Waals surface area contributed by atoms with Crippen LogP contribution in [0.3, 0.4) is 0 Å². The van der Waals surface area contributed by atoms with Crippen LogP contribution in [0.5, 0.6) is 0 Å². The van der Waals surface area contributed by atoms with E-state index in [0.717, 1.165) is 27.9 Å². The first kappa shape index (κ1) is 15.6. The van der Waals surface area contributed by atoms with Crippen LogP contribution >= 0.6 is 11.6 Å². The summed E-state index contributed by atoms with van der Waals surface area (Å²) < 4.78 is 3.73. The van der Waals surface area contributed by atoms with Crippen molar-refractivity contribution in [1.29, 1.82) is 0 Å². The van der Waals surface area contributed by atoms with Gasteiger partial charge in [0.15, 0.2) is 0 Å². The van der Waals surface area contributed by atoms with Crippen molar-refractivity contribution < 1.29 is 4.79 Å². The number of hydrogen-bond donors (Lipinski definition) is 1. The molecule has 0 unspecified atom stereocenters. The number of hydrogen-bond acceptors (Lipinski definition) is 2. The fourth-order valence-electron chi connectivity index (χ4n) is 2.79. The van der Waals surface area contributed by atoms with Crippen molar-refractivity contribution in [3.63, 3.8) is 0 Å². The van der Waals surface area contributed by atoms with Crippen LogP contribution in [0.1, 0.15) is 17.0 Å². The predicted octanol–water partition coefficient (Wildman–Crippen LogP) is 2.96. The smallest absolute Gasteiger partial charge is 0.240 e. The van der Waals surface area contributed by atoms with Crippen LogP contribution in [0.2, 0.25) is 5.02 Å². The van der Waals surface area contributed by atoms with E-state index in [1.807, 2.05) is 60.6 Å². The first-order valence-electron chi connectivity index (χ1n) is 7.46. The molecule has 6 heteroatoms. The van der Waals surface area contributed by atoms with E-state index in [-0.39, 0.29) is 12.5 Å². The molecule has 2 aromatic heterocycles. The van der Waals surface area contributed by atoms with Gasteiger partial charge in [-0.15, -0.1) is 0 Å². The van der Waals surface area contributed by atoms with Gasteiger partial charge in [0.05, 0.1) is 5.69 Å². The molecule has 5 nitrogen and oxygen atoms in total. The largest absolute Gasteiger partial charge is 0.350 e. The van der Waals surface area contributed by atoms with Crippen molar-refractivity contribution in [3.05, 3.63) is 52.4 Å². The van der Waals surface area contributed by atoms with Gasteiger partial charge in [0.2, 0.25) is 5.91 Å². The van der Waals surface area contributed by atoms with E-state index in [1.54, 1.807) is 0 Å². The zero-order valence-corrected chi connectivity index (χ0v) is 14.2. The fourth-order valence-corrected chi connectivity index (χ4v) is 3.03. The Kier molecular flexibility index (Phi) is 4.13. The summed E-state index contributed by atoms with van der Waals surface area (Å²) in [5.41, 5.74) is 4.05. The number of carbonyl (C=O) groups excluding carboxylic acids is 1. The second-order valence-corrected chi connectivity index (χ2v) is 6.07. The lowest BCUT2D eigenvalue weighted by molar-refractivity contribution is -0.121. The third-order valence-corrected chi connectivity index (χ3v) is 4.53. The Morgan fingerprint density at radius 3 is 2.78 bits per heavy atom. The Hall–Kier alpha value is -2.27. The predicted molar refractivity (Wildman–Crippen MR) is 91.5 cm³/mol. The highest BCUT2D eigenvalue weighted by molar-refractivity contribution is 6.35. The number of fused-ring (bicyclic) bond motifs is 1. The number of aromatic nitrogens is 3. The lowest BCUT2D eigenvalue weighted by Gasteiger charge is -2.08. The molecule has 3 rings (SSSR count). The van der Waals surface area contributed by atoms with E-state index in [4.69, 9.17) is 11.6 Å². The summed E-state index contributed by atoms with van der Waals surface area (Å²) in [6.07, 6.45) is 1.89. The van der Waals surface area contributed by atoms with Gasteiger partial charge in [-0.2, -0.15) is 5.10 Å². The number of benzene rings is 1. The average Bonchev–Trinajstić information content (AvgIpc) is 3.01. The third-order valence-electron chi connectivity index (χ3n) is 4.20. The minimum absolute atomic E-state index is 0.0369. The minimum atomic E-state index is -0.0369. The van der Waals surface area contributed by atoms with E-state index >= 15 is 0 Å². The average molecular weight is 331 g/mol. The molecule has 0 aliphatic rings. The van der Waals surface area contributed by atoms with Gasteiger partial charge in [-0.3, -0.25) is 9.48 Å². The van der Waals surface area contributed by atoms with Crippen LogP contribution in [0.25, 0.3) is 10.9 Å². The Labute approximate surface area is 139 Å². The Morgan fingerprint density at radius 1 is 1.30 bits per heavy atom. The Morgan fingerprint density at radius 2 is 2.09 bits per heavy atom. The maximum Gasteiger partial charge on any atom is 0.240 e. The van der Waals surface area contributed by atoms with Gasteiger partial charge < -0.3 is 9.88 Å². The minimum Gasteiger partial charge on any atom is -0.350 e. The van der Waals surface area contributed by atoms with Crippen molar-refractivity contribution in [2.45, 2.75) is 26.9 Å². The number of amides is 1. The second kappa shape index (κ2) is 6.08. The maximum absolute atomic E-state index is 12.2. The zero-order valence-electron chi connectivity index (χ0n) is 13.4. The third kappa shape index (κ3) is 2.97. The highest BCUT2D eigenvalue weighted by Crippen LogP contribution is 2.24. The number of nitrogens with one attached hydrogen (secondary N) is 1. The number of carbonyl (C=O) groups is 1. The first-order valence-corrected chi connectivity index (χ1v) is 7.84. The van der Waals surface area contributed by atoms with Gasteiger partial charge in [-0.05, 0) is 32.0 Å². The van der Waals surface area contributed by atoms with Gasteiger partial charge in [0.1, 0.15) is 6.54 Å². The van der Waals surface area contributed by atoms with E-state index in [1.165, 1.54) is 0 Å². The molecule has 1 N–H and O–H groups in total. The molecular weight excluding hydrogens is 312 g/mol. The van der Waals surface area contributed by atoms with Crippen LogP contribution < -0.4 is 5.32 Å². The SMILES string of the molecule is Cc1nn(C)c(C)c1CNC(=O)Cn1ccc2c(Cl)cccc21. The Balaban J connectivity index is 1.70. The van der Waals surface area contributed by atoms with E-state index in [2.05, 4.69) is 10.4 Å². The molecule has 1 aromatic carbocycles. The standard InChI is InChI=1S/C17H19ClN4O/c1-11-14(12(2)21(3)20-11)9-19-17(23)10-22-8-7-13-15(18)5-4-6-16(13)22/h4-8H,9-10H2,1-3H3,(H,19,23). The van der Waals surface area contributed by atoms with Crippen LogP contribution in [-0.2, 0) is 24.9 Å². The Bertz CT molecular complexity index is 878. The van der Waals surface area contributed by atoms with Crippen molar-refractivity contribution >= 4 is 28.4 Å². The number of halogens is 1. The molecule has 0 radical (unpaired) electrons. The van der Waals surface area contributed by atoms with Crippen LogP contribution in [0.15, 0.2) is 30.5 Å². The molecule has 0 fully saturated rings. The van der Waals surface area contributed by atoms with Crippen LogP contribution in [-0.4, -0.2) is 20.3 Å². The summed E-state index contributed by atoms with van der Waals surface area (Å²) in [7, 11) is 1.91. The normalized spacial score (nSPS) is 11.1. The quantitative estimate of drug-likeness (QED) is 0.799. The number of nitrogens with zero attached hydrogens (tertiary/aromatic N) is 3. The molecule has 0 aliphatic carbocycles. The molecule has 0 spiro atoms. The molecule has 0 saturated carbocycles. The summed E-state index contributed by atoms with van der Waals surface area (Å²) in [6, 6.07) is 7.63. The summed E-state index contributed by atoms with van der Waals surface area (Å²) in [5.74, 6) is -0.0369. The summed E-state index contributed by atoms with van der Waals surface area (Å²) in [5, 5.41) is 8.98. The zero-order chi connectivity index (χ0) is 16.6. The van der Waals surface area contributed by atoms with Gasteiger partial charge >= 0.3 is 0 Å². The van der Waals surface area contributed by atoms with Gasteiger partial charge in [-0.25, -0.2) is 0 Å². The van der Waals surface area contributed by atoms with Crippen LogP contribution in [0, 0.1) is 13.8 Å². The lowest BCUT2D eigenvalue weighted by atomic mass is 10.2. The molecule has 2 heterocycles. The molecule has 0 saturated heterocycles. The van der Waals surface area contributed by atoms with E-state index in [9.17, 15) is 4.79 Å². The molecule has 0 atom stereocenters. The van der Waals surface area contributed by atoms with Crippen molar-refractivity contribution in [2.24, 2.45) is 7.05 Å². The number of aryl methyl sites for hydroxylation is 2. The maximum atomic E-state index is 12.2. The molecular formula is C17H19ClN4O. The molecule has 0 bridgehead atoms. The summed E-state index contributed by atoms with van der Waals surface area (Å²) in [6.45, 7) is 4.71. The molecule has 3 aromatic rings. The van der Waals surface area contributed by atoms with Crippen molar-refractivity contribution in [2.75, 3.05) is 0 Å². The molecule has 1 amide bonds. The monoisotopic (exact) mass is 330 g/mol. The highest BCUT2D eigenvalue weighted by atomic mass is 35.5. The van der Waals surface area contributed by atoms with Gasteiger partial charge in [0.25, 0.3) is 0 Å². The molecule has 0 aliphatic heterocycles. The van der Waals surface area contributed by atoms with Crippen molar-refractivity contribution in [1.82, 2.24) is 19.7 Å². The van der Waals surface area contributed by atoms with Gasteiger partial charge in [-0.1, -0.05) is 17.7 Å². The lowest BCUT2D eigenvalue weighted by Crippen LogP contribution is -2.27. The molecule has 23 heavy (non-hydrogen) atoms. The fraction of sp³-hybridized carbons (Fsp3) is 0.294. The second-order valence-electron chi connectivity index (χ2n) is 5.67. The topological polar surface area (TPSA) is 51.9 Å². The van der Waals surface area contributed by atoms with E-state index in [0.29, 0.717) is 11.6 Å². The van der Waals surface area contributed by atoms with Gasteiger partial charge in [0, 0.05) is 47.0 Å². The summed E-state index contributed by atoms with van der Waals surface area (Å²) in [4.78, 5) is 12.2. The first-order chi connectivity index (χ1) is 11.0.